The van der Waals surface area contributed by atoms with Gasteiger partial charge >= 0.3 is 0 Å². The summed E-state index contributed by atoms with van der Waals surface area (Å²) in [5.74, 6) is 0.747. The van der Waals surface area contributed by atoms with Gasteiger partial charge in [0.25, 0.3) is 5.69 Å². The first-order valence-electron chi connectivity index (χ1n) is 7.64. The molecule has 0 aliphatic rings. The van der Waals surface area contributed by atoms with Crippen molar-refractivity contribution in [3.8, 4) is 17.0 Å². The third kappa shape index (κ3) is 2.46. The van der Waals surface area contributed by atoms with Crippen LogP contribution < -0.4 is 4.74 Å². The largest absolute Gasteiger partial charge is 0.497 e. The Bertz CT molecular complexity index is 1130. The van der Waals surface area contributed by atoms with Crippen molar-refractivity contribution in [1.82, 2.24) is 15.0 Å². The van der Waals surface area contributed by atoms with Gasteiger partial charge in [-0.2, -0.15) is 0 Å². The van der Waals surface area contributed by atoms with E-state index in [1.807, 2.05) is 25.1 Å². The van der Waals surface area contributed by atoms with Gasteiger partial charge in [0.1, 0.15) is 5.75 Å². The van der Waals surface area contributed by atoms with Gasteiger partial charge in [-0.1, -0.05) is 0 Å². The summed E-state index contributed by atoms with van der Waals surface area (Å²) in [6.45, 7) is 1.96. The van der Waals surface area contributed by atoms with E-state index < -0.39 is 4.92 Å². The molecule has 124 valence electrons. The maximum atomic E-state index is 11.0. The zero-order chi connectivity index (χ0) is 17.6. The van der Waals surface area contributed by atoms with Crippen LogP contribution in [0.3, 0.4) is 0 Å². The number of aromatic nitrogens is 3. The topological polar surface area (TPSA) is 93.9 Å². The Hall–Kier alpha value is -3.48. The van der Waals surface area contributed by atoms with Gasteiger partial charge in [0.05, 0.1) is 35.0 Å². The molecule has 0 saturated heterocycles. The van der Waals surface area contributed by atoms with Crippen LogP contribution in [-0.4, -0.2) is 27.0 Å². The second-order valence-corrected chi connectivity index (χ2v) is 5.72. The summed E-state index contributed by atoms with van der Waals surface area (Å²) >= 11 is 0. The van der Waals surface area contributed by atoms with Crippen LogP contribution in [0.15, 0.2) is 42.6 Å². The number of nitrogens with zero attached hydrogens (tertiary/aromatic N) is 3. The molecule has 0 aliphatic carbocycles. The summed E-state index contributed by atoms with van der Waals surface area (Å²) in [6.07, 6.45) is 1.68. The van der Waals surface area contributed by atoms with Gasteiger partial charge in [-0.05, 0) is 31.2 Å². The van der Waals surface area contributed by atoms with E-state index in [0.29, 0.717) is 16.7 Å². The summed E-state index contributed by atoms with van der Waals surface area (Å²) in [6, 6.07) is 10.2. The molecule has 0 saturated carbocycles. The highest BCUT2D eigenvalue weighted by Gasteiger charge is 2.15. The van der Waals surface area contributed by atoms with Crippen molar-refractivity contribution in [3.05, 3.63) is 58.4 Å². The fourth-order valence-electron chi connectivity index (χ4n) is 3.00. The number of hydrogen-bond donors (Lipinski definition) is 1. The lowest BCUT2D eigenvalue weighted by atomic mass is 10.1. The van der Waals surface area contributed by atoms with E-state index >= 15 is 0 Å². The van der Waals surface area contributed by atoms with Crippen LogP contribution >= 0.6 is 0 Å². The number of aryl methyl sites for hydroxylation is 1. The highest BCUT2D eigenvalue weighted by Crippen LogP contribution is 2.33. The van der Waals surface area contributed by atoms with Gasteiger partial charge in [-0.3, -0.25) is 15.1 Å². The minimum Gasteiger partial charge on any atom is -0.497 e. The Morgan fingerprint density at radius 1 is 1.16 bits per heavy atom. The second kappa shape index (κ2) is 5.55. The molecule has 0 amide bonds. The van der Waals surface area contributed by atoms with E-state index in [1.54, 1.807) is 19.4 Å². The number of nitro groups is 1. The van der Waals surface area contributed by atoms with Crippen LogP contribution in [0.2, 0.25) is 0 Å². The van der Waals surface area contributed by atoms with Gasteiger partial charge in [0.15, 0.2) is 0 Å². The van der Waals surface area contributed by atoms with Crippen LogP contribution in [0.25, 0.3) is 33.2 Å². The molecule has 7 heteroatoms. The van der Waals surface area contributed by atoms with Gasteiger partial charge < -0.3 is 9.72 Å². The highest BCUT2D eigenvalue weighted by molar-refractivity contribution is 5.98. The number of benzene rings is 2. The molecule has 0 spiro atoms. The molecule has 7 nitrogen and oxygen atoms in total. The molecule has 0 radical (unpaired) electrons. The van der Waals surface area contributed by atoms with E-state index in [-0.39, 0.29) is 5.69 Å². The number of aromatic amines is 1. The minimum atomic E-state index is -0.435. The third-order valence-corrected chi connectivity index (χ3v) is 4.19. The summed E-state index contributed by atoms with van der Waals surface area (Å²) in [5.41, 5.74) is 4.58. The van der Waals surface area contributed by atoms with Crippen molar-refractivity contribution in [3.63, 3.8) is 0 Å². The van der Waals surface area contributed by atoms with Crippen molar-refractivity contribution in [2.45, 2.75) is 6.92 Å². The molecule has 4 rings (SSSR count). The monoisotopic (exact) mass is 334 g/mol. The van der Waals surface area contributed by atoms with Crippen molar-refractivity contribution in [2.24, 2.45) is 0 Å². The quantitative estimate of drug-likeness (QED) is 0.451. The van der Waals surface area contributed by atoms with Gasteiger partial charge in [0.2, 0.25) is 0 Å². The Balaban J connectivity index is 1.96. The molecule has 0 atom stereocenters. The first-order chi connectivity index (χ1) is 12.1. The first kappa shape index (κ1) is 15.1. The first-order valence-corrected chi connectivity index (χ1v) is 7.64. The maximum absolute atomic E-state index is 11.0. The van der Waals surface area contributed by atoms with Gasteiger partial charge in [-0.25, -0.2) is 4.98 Å². The molecule has 2 aromatic carbocycles. The molecule has 0 fully saturated rings. The van der Waals surface area contributed by atoms with Gasteiger partial charge in [-0.15, -0.1) is 0 Å². The molecule has 25 heavy (non-hydrogen) atoms. The van der Waals surface area contributed by atoms with Crippen molar-refractivity contribution in [2.75, 3.05) is 7.11 Å². The van der Waals surface area contributed by atoms with E-state index in [2.05, 4.69) is 15.0 Å². The summed E-state index contributed by atoms with van der Waals surface area (Å²) < 4.78 is 5.31. The fraction of sp³-hybridized carbons (Fsp3) is 0.111. The third-order valence-electron chi connectivity index (χ3n) is 4.19. The predicted octanol–water partition coefficient (Wildman–Crippen LogP) is 4.00. The number of nitro benzene ring substituents is 1. The number of ether oxygens (including phenoxy) is 1. The van der Waals surface area contributed by atoms with Crippen molar-refractivity contribution >= 4 is 27.6 Å². The number of nitrogens with one attached hydrogen (secondary N) is 1. The highest BCUT2D eigenvalue weighted by atomic mass is 16.6. The molecule has 0 aliphatic heterocycles. The number of rotatable bonds is 3. The van der Waals surface area contributed by atoms with E-state index in [0.717, 1.165) is 27.9 Å². The van der Waals surface area contributed by atoms with Crippen molar-refractivity contribution < 1.29 is 9.66 Å². The van der Waals surface area contributed by atoms with E-state index in [1.165, 1.54) is 12.1 Å². The molecule has 0 unspecified atom stereocenters. The Labute approximate surface area is 142 Å². The molecular formula is C18H14N4O3. The number of hydrogen-bond acceptors (Lipinski definition) is 5. The molecule has 2 aromatic heterocycles. The number of H-pyrrole nitrogens is 1. The Morgan fingerprint density at radius 2 is 2.00 bits per heavy atom. The minimum absolute atomic E-state index is 0.00346. The Kier molecular flexibility index (Phi) is 3.35. The van der Waals surface area contributed by atoms with E-state index in [9.17, 15) is 10.1 Å². The number of fused-ring (bicyclic) bond motifs is 2. The normalized spacial score (nSPS) is 11.1. The molecule has 0 bridgehead atoms. The SMILES string of the molecule is COc1ccc2[nH]c(C)c(-c3cnc4ccc([N+](=O)[O-])cc4n3)c2c1. The average molecular weight is 334 g/mol. The lowest BCUT2D eigenvalue weighted by molar-refractivity contribution is -0.384. The summed E-state index contributed by atoms with van der Waals surface area (Å²) in [5, 5.41) is 12.0. The standard InChI is InChI=1S/C18H14N4O3/c1-10-18(13-8-12(25-2)4-6-14(13)20-10)17-9-19-15-5-3-11(22(23)24)7-16(15)21-17/h3-9,20H,1-2H3. The average Bonchev–Trinajstić information content (AvgIpc) is 2.95. The molecule has 2 heterocycles. The van der Waals surface area contributed by atoms with Crippen LogP contribution in [0.4, 0.5) is 5.69 Å². The number of non-ortho nitro benzene ring substituents is 1. The van der Waals surface area contributed by atoms with Crippen LogP contribution in [0.1, 0.15) is 5.69 Å². The number of methoxy groups -OCH3 is 1. The second-order valence-electron chi connectivity index (χ2n) is 5.72. The maximum Gasteiger partial charge on any atom is 0.271 e. The lowest BCUT2D eigenvalue weighted by Gasteiger charge is -2.04. The van der Waals surface area contributed by atoms with E-state index in [4.69, 9.17) is 4.74 Å². The zero-order valence-corrected chi connectivity index (χ0v) is 13.6. The van der Waals surface area contributed by atoms with Crippen LogP contribution in [0.5, 0.6) is 5.75 Å². The summed E-state index contributed by atoms with van der Waals surface area (Å²) in [7, 11) is 1.62. The molecule has 4 aromatic rings. The predicted molar refractivity (Wildman–Crippen MR) is 94.8 cm³/mol. The molecule has 1 N–H and O–H groups in total. The summed E-state index contributed by atoms with van der Waals surface area (Å²) in [4.78, 5) is 22.9. The van der Waals surface area contributed by atoms with Crippen LogP contribution in [0, 0.1) is 17.0 Å². The van der Waals surface area contributed by atoms with Crippen LogP contribution in [-0.2, 0) is 0 Å². The fourth-order valence-corrected chi connectivity index (χ4v) is 3.00. The zero-order valence-electron chi connectivity index (χ0n) is 13.6. The lowest BCUT2D eigenvalue weighted by Crippen LogP contribution is -1.92. The smallest absolute Gasteiger partial charge is 0.271 e. The molecular weight excluding hydrogens is 320 g/mol. The Morgan fingerprint density at radius 3 is 2.76 bits per heavy atom. The van der Waals surface area contributed by atoms with Gasteiger partial charge in [0, 0.05) is 34.3 Å². The van der Waals surface area contributed by atoms with Crippen molar-refractivity contribution in [1.29, 1.82) is 0 Å².